The average Bonchev–Trinajstić information content (AvgIpc) is 2.60. The van der Waals surface area contributed by atoms with Crippen LogP contribution < -0.4 is 13.6 Å². The van der Waals surface area contributed by atoms with Crippen molar-refractivity contribution in [2.24, 2.45) is 0 Å². The Kier molecular flexibility index (Phi) is 5.58. The molecule has 122 valence electrons. The van der Waals surface area contributed by atoms with E-state index in [1.165, 1.54) is 0 Å². The average molecular weight is 359 g/mol. The van der Waals surface area contributed by atoms with Gasteiger partial charge in [-0.3, -0.25) is 0 Å². The number of halogens is 1. The van der Waals surface area contributed by atoms with Gasteiger partial charge >= 0.3 is 8.60 Å². The first-order valence-electron chi connectivity index (χ1n) is 7.40. The number of rotatable bonds is 6. The van der Waals surface area contributed by atoms with E-state index in [9.17, 15) is 0 Å². The van der Waals surface area contributed by atoms with E-state index in [-0.39, 0.29) is 0 Å². The molecule has 3 aromatic rings. The third-order valence-corrected chi connectivity index (χ3v) is 4.45. The lowest BCUT2D eigenvalue weighted by Gasteiger charge is -2.18. The van der Waals surface area contributed by atoms with Gasteiger partial charge in [-0.05, 0) is 55.5 Å². The van der Waals surface area contributed by atoms with Gasteiger partial charge in [-0.25, -0.2) is 0 Å². The molecule has 5 heteroatoms. The van der Waals surface area contributed by atoms with Crippen LogP contribution >= 0.6 is 20.2 Å². The summed E-state index contributed by atoms with van der Waals surface area (Å²) in [6.45, 7) is 2.03. The summed E-state index contributed by atoms with van der Waals surface area (Å²) in [6.07, 6.45) is 0. The molecule has 0 aliphatic heterocycles. The second kappa shape index (κ2) is 8.05. The zero-order chi connectivity index (χ0) is 16.8. The van der Waals surface area contributed by atoms with Gasteiger partial charge in [0.1, 0.15) is 17.2 Å². The van der Waals surface area contributed by atoms with Crippen LogP contribution in [0.25, 0.3) is 0 Å². The largest absolute Gasteiger partial charge is 0.530 e. The first kappa shape index (κ1) is 16.6. The fourth-order valence-corrected chi connectivity index (χ4v) is 3.01. The maximum atomic E-state index is 5.91. The second-order valence-corrected chi connectivity index (χ2v) is 6.51. The maximum Gasteiger partial charge on any atom is 0.530 e. The lowest BCUT2D eigenvalue weighted by molar-refractivity contribution is 0.388. The molecule has 3 nitrogen and oxygen atoms in total. The Bertz CT molecular complexity index is 713. The number of aryl methyl sites for hydroxylation is 1. The molecule has 3 aromatic carbocycles. The molecule has 0 amide bonds. The highest BCUT2D eigenvalue weighted by Gasteiger charge is 2.19. The van der Waals surface area contributed by atoms with Crippen LogP contribution in [-0.2, 0) is 0 Å². The summed E-state index contributed by atoms with van der Waals surface area (Å²) >= 11 is 5.91. The van der Waals surface area contributed by atoms with Crippen LogP contribution in [-0.4, -0.2) is 0 Å². The molecule has 0 spiro atoms. The van der Waals surface area contributed by atoms with Crippen molar-refractivity contribution in [3.63, 3.8) is 0 Å². The van der Waals surface area contributed by atoms with Gasteiger partial charge in [0.05, 0.1) is 0 Å². The number of hydrogen-bond acceptors (Lipinski definition) is 3. The second-order valence-electron chi connectivity index (χ2n) is 5.08. The zero-order valence-corrected chi connectivity index (χ0v) is 14.7. The summed E-state index contributed by atoms with van der Waals surface area (Å²) in [4.78, 5) is 0. The van der Waals surface area contributed by atoms with Crippen molar-refractivity contribution < 1.29 is 13.6 Å². The van der Waals surface area contributed by atoms with E-state index in [1.54, 1.807) is 24.3 Å². The van der Waals surface area contributed by atoms with Gasteiger partial charge in [0.25, 0.3) is 0 Å². The predicted molar refractivity (Wildman–Crippen MR) is 97.9 cm³/mol. The summed E-state index contributed by atoms with van der Waals surface area (Å²) in [6, 6.07) is 24.3. The van der Waals surface area contributed by atoms with Gasteiger partial charge in [-0.2, -0.15) is 0 Å². The van der Waals surface area contributed by atoms with Crippen molar-refractivity contribution in [2.45, 2.75) is 6.92 Å². The minimum Gasteiger partial charge on any atom is -0.409 e. The smallest absolute Gasteiger partial charge is 0.409 e. The Balaban J connectivity index is 1.76. The van der Waals surface area contributed by atoms with E-state index in [1.807, 2.05) is 61.5 Å². The van der Waals surface area contributed by atoms with E-state index in [2.05, 4.69) is 0 Å². The first-order valence-corrected chi connectivity index (χ1v) is 8.88. The highest BCUT2D eigenvalue weighted by atomic mass is 35.5. The Morgan fingerprint density at radius 1 is 0.625 bits per heavy atom. The predicted octanol–water partition coefficient (Wildman–Crippen LogP) is 6.41. The van der Waals surface area contributed by atoms with Gasteiger partial charge in [0.2, 0.25) is 0 Å². The summed E-state index contributed by atoms with van der Waals surface area (Å²) in [7, 11) is -1.65. The highest BCUT2D eigenvalue weighted by Crippen LogP contribution is 2.42. The molecule has 0 saturated heterocycles. The van der Waals surface area contributed by atoms with E-state index >= 15 is 0 Å². The molecule has 0 bridgehead atoms. The van der Waals surface area contributed by atoms with Gasteiger partial charge < -0.3 is 13.6 Å². The minimum absolute atomic E-state index is 0.633. The van der Waals surface area contributed by atoms with Gasteiger partial charge in [0, 0.05) is 5.02 Å². The molecule has 0 aliphatic rings. The molecule has 24 heavy (non-hydrogen) atoms. The SMILES string of the molecule is Cc1ccc(OP(Oc2ccccc2)Oc2ccc(Cl)cc2)cc1. The zero-order valence-electron chi connectivity index (χ0n) is 13.1. The molecule has 0 N–H and O–H groups in total. The Morgan fingerprint density at radius 3 is 1.62 bits per heavy atom. The van der Waals surface area contributed by atoms with Crippen LogP contribution in [0.2, 0.25) is 5.02 Å². The van der Waals surface area contributed by atoms with Gasteiger partial charge in [-0.1, -0.05) is 47.5 Å². The highest BCUT2D eigenvalue weighted by molar-refractivity contribution is 7.43. The Morgan fingerprint density at radius 2 is 1.08 bits per heavy atom. The fourth-order valence-electron chi connectivity index (χ4n) is 1.89. The van der Waals surface area contributed by atoms with Crippen molar-refractivity contribution >= 4 is 20.2 Å². The molecule has 0 heterocycles. The monoisotopic (exact) mass is 358 g/mol. The minimum atomic E-state index is -1.65. The normalized spacial score (nSPS) is 11.6. The van der Waals surface area contributed by atoms with Crippen LogP contribution in [0, 0.1) is 6.92 Å². The summed E-state index contributed by atoms with van der Waals surface area (Å²) in [5.74, 6) is 2.01. The van der Waals surface area contributed by atoms with Crippen LogP contribution in [0.4, 0.5) is 0 Å². The van der Waals surface area contributed by atoms with E-state index in [0.29, 0.717) is 22.3 Å². The van der Waals surface area contributed by atoms with Crippen molar-refractivity contribution in [1.29, 1.82) is 0 Å². The van der Waals surface area contributed by atoms with Gasteiger partial charge in [-0.15, -0.1) is 0 Å². The van der Waals surface area contributed by atoms with Crippen LogP contribution in [0.3, 0.4) is 0 Å². The lowest BCUT2D eigenvalue weighted by Crippen LogP contribution is -2.02. The van der Waals surface area contributed by atoms with Crippen molar-refractivity contribution in [2.75, 3.05) is 0 Å². The number of benzene rings is 3. The van der Waals surface area contributed by atoms with Crippen molar-refractivity contribution in [3.05, 3.63) is 89.4 Å². The van der Waals surface area contributed by atoms with Crippen LogP contribution in [0.15, 0.2) is 78.9 Å². The molecule has 0 fully saturated rings. The third kappa shape index (κ3) is 4.89. The van der Waals surface area contributed by atoms with Crippen molar-refractivity contribution in [3.8, 4) is 17.2 Å². The topological polar surface area (TPSA) is 27.7 Å². The summed E-state index contributed by atoms with van der Waals surface area (Å²) in [5.41, 5.74) is 1.16. The molecule has 0 radical (unpaired) electrons. The quantitative estimate of drug-likeness (QED) is 0.476. The summed E-state index contributed by atoms with van der Waals surface area (Å²) < 4.78 is 17.6. The lowest BCUT2D eigenvalue weighted by atomic mass is 10.2. The molecular weight excluding hydrogens is 343 g/mol. The molecular formula is C19H16ClO3P. The molecule has 0 aromatic heterocycles. The van der Waals surface area contributed by atoms with Crippen molar-refractivity contribution in [1.82, 2.24) is 0 Å². The van der Waals surface area contributed by atoms with Gasteiger partial charge in [0.15, 0.2) is 0 Å². The molecule has 0 aliphatic carbocycles. The van der Waals surface area contributed by atoms with Crippen LogP contribution in [0.5, 0.6) is 17.2 Å². The molecule has 0 saturated carbocycles. The third-order valence-electron chi connectivity index (χ3n) is 3.12. The van der Waals surface area contributed by atoms with E-state index in [4.69, 9.17) is 25.2 Å². The Hall–Kier alpha value is -2.22. The Labute approximate surface area is 147 Å². The molecule has 1 unspecified atom stereocenters. The molecule has 3 rings (SSSR count). The maximum absolute atomic E-state index is 5.91. The molecule has 1 atom stereocenters. The first-order chi connectivity index (χ1) is 11.7. The standard InChI is InChI=1S/C19H16ClO3P/c1-15-7-11-18(12-8-15)22-24(21-17-5-3-2-4-6-17)23-19-13-9-16(20)10-14-19/h2-14H,1H3. The summed E-state index contributed by atoms with van der Waals surface area (Å²) in [5, 5.41) is 0.648. The number of para-hydroxylation sites is 1. The van der Waals surface area contributed by atoms with Crippen LogP contribution in [0.1, 0.15) is 5.56 Å². The number of hydrogen-bond donors (Lipinski definition) is 0. The van der Waals surface area contributed by atoms with E-state index in [0.717, 1.165) is 5.56 Å². The fraction of sp³-hybridized carbons (Fsp3) is 0.0526. The van der Waals surface area contributed by atoms with E-state index < -0.39 is 8.60 Å².